The Morgan fingerprint density at radius 1 is 1.45 bits per heavy atom. The van der Waals surface area contributed by atoms with Gasteiger partial charge in [0.25, 0.3) is 0 Å². The molecule has 0 unspecified atom stereocenters. The number of halogens is 1. The number of hydrogen-bond acceptors (Lipinski definition) is 4. The molecule has 3 rings (SSSR count). The SMILES string of the molecule is Cc1ccc(-c2nc(CC(C)(C)NCC(=O)N3CCC[C@H]3C#N)c(C)[nH]2)cc1F. The number of aromatic amines is 1. The molecule has 1 aromatic heterocycles. The van der Waals surface area contributed by atoms with Gasteiger partial charge in [-0.15, -0.1) is 0 Å². The summed E-state index contributed by atoms with van der Waals surface area (Å²) < 4.78 is 13.9. The van der Waals surface area contributed by atoms with Gasteiger partial charge in [0.15, 0.2) is 0 Å². The van der Waals surface area contributed by atoms with E-state index in [0.29, 0.717) is 29.9 Å². The van der Waals surface area contributed by atoms with Gasteiger partial charge in [0.2, 0.25) is 5.91 Å². The number of hydrogen-bond donors (Lipinski definition) is 2. The summed E-state index contributed by atoms with van der Waals surface area (Å²) in [6.07, 6.45) is 2.24. The molecule has 0 bridgehead atoms. The molecule has 1 aromatic carbocycles. The van der Waals surface area contributed by atoms with Crippen molar-refractivity contribution < 1.29 is 9.18 Å². The highest BCUT2D eigenvalue weighted by Crippen LogP contribution is 2.23. The van der Waals surface area contributed by atoms with Crippen LogP contribution in [0.15, 0.2) is 18.2 Å². The standard InChI is InChI=1S/C22H28FN5O/c1-14-7-8-16(10-18(14)23)21-26-15(2)19(27-21)11-22(3,4)25-13-20(29)28-9-5-6-17(28)12-24/h7-8,10,17,25H,5-6,9,11,13H2,1-4H3,(H,26,27)/t17-/m0/s1. The van der Waals surface area contributed by atoms with Crippen molar-refractivity contribution in [3.05, 3.63) is 41.0 Å². The van der Waals surface area contributed by atoms with Crippen molar-refractivity contribution in [3.8, 4) is 17.5 Å². The van der Waals surface area contributed by atoms with E-state index in [4.69, 9.17) is 5.26 Å². The predicted octanol–water partition coefficient (Wildman–Crippen LogP) is 3.26. The lowest BCUT2D eigenvalue weighted by atomic mass is 9.97. The third kappa shape index (κ3) is 4.83. The summed E-state index contributed by atoms with van der Waals surface area (Å²) in [6, 6.07) is 6.98. The summed E-state index contributed by atoms with van der Waals surface area (Å²) in [4.78, 5) is 22.0. The number of imidazole rings is 1. The molecule has 1 amide bonds. The Labute approximate surface area is 171 Å². The molecule has 0 saturated carbocycles. The van der Waals surface area contributed by atoms with E-state index in [0.717, 1.165) is 24.2 Å². The quantitative estimate of drug-likeness (QED) is 0.784. The first-order valence-corrected chi connectivity index (χ1v) is 9.96. The van der Waals surface area contributed by atoms with E-state index in [1.807, 2.05) is 26.8 Å². The molecule has 1 aliphatic rings. The van der Waals surface area contributed by atoms with E-state index < -0.39 is 0 Å². The van der Waals surface area contributed by atoms with Crippen LogP contribution in [0, 0.1) is 31.0 Å². The fourth-order valence-corrected chi connectivity index (χ4v) is 3.64. The van der Waals surface area contributed by atoms with Gasteiger partial charge in [-0.05, 0) is 52.2 Å². The largest absolute Gasteiger partial charge is 0.342 e. The van der Waals surface area contributed by atoms with Crippen LogP contribution in [0.4, 0.5) is 4.39 Å². The number of nitriles is 1. The van der Waals surface area contributed by atoms with Crippen molar-refractivity contribution in [3.63, 3.8) is 0 Å². The van der Waals surface area contributed by atoms with E-state index in [1.165, 1.54) is 6.07 Å². The third-order valence-corrected chi connectivity index (χ3v) is 5.48. The van der Waals surface area contributed by atoms with E-state index in [2.05, 4.69) is 21.4 Å². The van der Waals surface area contributed by atoms with Crippen molar-refractivity contribution >= 4 is 5.91 Å². The number of likely N-dealkylation sites (tertiary alicyclic amines) is 1. The number of carbonyl (C=O) groups excluding carboxylic acids is 1. The number of rotatable bonds is 6. The summed E-state index contributed by atoms with van der Waals surface area (Å²) in [6.45, 7) is 8.54. The maximum Gasteiger partial charge on any atom is 0.237 e. The number of H-pyrrole nitrogens is 1. The van der Waals surface area contributed by atoms with Crippen LogP contribution in [0.5, 0.6) is 0 Å². The van der Waals surface area contributed by atoms with Crippen molar-refractivity contribution in [2.24, 2.45) is 0 Å². The van der Waals surface area contributed by atoms with Gasteiger partial charge in [0, 0.05) is 29.8 Å². The molecule has 6 nitrogen and oxygen atoms in total. The van der Waals surface area contributed by atoms with Crippen LogP contribution in [0.2, 0.25) is 0 Å². The molecule has 7 heteroatoms. The Hall–Kier alpha value is -2.72. The first-order chi connectivity index (χ1) is 13.7. The zero-order valence-electron chi connectivity index (χ0n) is 17.5. The normalized spacial score (nSPS) is 16.8. The zero-order chi connectivity index (χ0) is 21.2. The highest BCUT2D eigenvalue weighted by atomic mass is 19.1. The molecule has 2 aromatic rings. The highest BCUT2D eigenvalue weighted by molar-refractivity contribution is 5.79. The molecule has 0 spiro atoms. The molecular formula is C22H28FN5O. The maximum atomic E-state index is 13.9. The molecule has 0 radical (unpaired) electrons. The van der Waals surface area contributed by atoms with Crippen molar-refractivity contribution in [2.45, 2.75) is 58.5 Å². The van der Waals surface area contributed by atoms with Gasteiger partial charge >= 0.3 is 0 Å². The number of aromatic nitrogens is 2. The summed E-state index contributed by atoms with van der Waals surface area (Å²) in [5.41, 5.74) is 2.74. The summed E-state index contributed by atoms with van der Waals surface area (Å²) in [5.74, 6) is 0.338. The maximum absolute atomic E-state index is 13.9. The van der Waals surface area contributed by atoms with Crippen molar-refractivity contribution in [2.75, 3.05) is 13.1 Å². The lowest BCUT2D eigenvalue weighted by Crippen LogP contribution is -2.48. The molecule has 2 N–H and O–H groups in total. The summed E-state index contributed by atoms with van der Waals surface area (Å²) >= 11 is 0. The first-order valence-electron chi connectivity index (χ1n) is 9.96. The van der Waals surface area contributed by atoms with Gasteiger partial charge in [-0.2, -0.15) is 5.26 Å². The van der Waals surface area contributed by atoms with Gasteiger partial charge in [0.1, 0.15) is 17.7 Å². The second-order valence-corrected chi connectivity index (χ2v) is 8.41. The Morgan fingerprint density at radius 2 is 2.21 bits per heavy atom. The van der Waals surface area contributed by atoms with Gasteiger partial charge < -0.3 is 15.2 Å². The van der Waals surface area contributed by atoms with Gasteiger partial charge in [-0.1, -0.05) is 12.1 Å². The van der Waals surface area contributed by atoms with Crippen LogP contribution < -0.4 is 5.32 Å². The van der Waals surface area contributed by atoms with Crippen LogP contribution in [0.3, 0.4) is 0 Å². The van der Waals surface area contributed by atoms with Crippen LogP contribution in [0.25, 0.3) is 11.4 Å². The molecule has 1 aliphatic heterocycles. The van der Waals surface area contributed by atoms with Crippen LogP contribution in [-0.2, 0) is 11.2 Å². The molecule has 154 valence electrons. The number of amides is 1. The van der Waals surface area contributed by atoms with Gasteiger partial charge in [-0.3, -0.25) is 4.79 Å². The highest BCUT2D eigenvalue weighted by Gasteiger charge is 2.30. The predicted molar refractivity (Wildman–Crippen MR) is 110 cm³/mol. The minimum Gasteiger partial charge on any atom is -0.342 e. The first kappa shape index (κ1) is 21.0. The topological polar surface area (TPSA) is 84.8 Å². The summed E-state index contributed by atoms with van der Waals surface area (Å²) in [5, 5.41) is 12.5. The average molecular weight is 397 g/mol. The summed E-state index contributed by atoms with van der Waals surface area (Å²) in [7, 11) is 0. The van der Waals surface area contributed by atoms with Crippen LogP contribution in [-0.4, -0.2) is 45.4 Å². The average Bonchev–Trinajstić information content (AvgIpc) is 3.29. The molecule has 1 saturated heterocycles. The Balaban J connectivity index is 1.65. The van der Waals surface area contributed by atoms with E-state index in [-0.39, 0.29) is 29.8 Å². The smallest absolute Gasteiger partial charge is 0.237 e. The number of aryl methyl sites for hydroxylation is 2. The number of carbonyl (C=O) groups is 1. The molecule has 1 atom stereocenters. The monoisotopic (exact) mass is 397 g/mol. The third-order valence-electron chi connectivity index (χ3n) is 5.48. The Bertz CT molecular complexity index is 943. The Morgan fingerprint density at radius 3 is 2.90 bits per heavy atom. The minimum absolute atomic E-state index is 0.0447. The lowest BCUT2D eigenvalue weighted by molar-refractivity contribution is -0.130. The molecule has 1 fully saturated rings. The van der Waals surface area contributed by atoms with Crippen molar-refractivity contribution in [1.82, 2.24) is 20.2 Å². The lowest BCUT2D eigenvalue weighted by Gasteiger charge is -2.28. The fourth-order valence-electron chi connectivity index (χ4n) is 3.64. The molecule has 0 aliphatic carbocycles. The second kappa shape index (κ2) is 8.34. The van der Waals surface area contributed by atoms with E-state index in [9.17, 15) is 9.18 Å². The van der Waals surface area contributed by atoms with Crippen LogP contribution >= 0.6 is 0 Å². The van der Waals surface area contributed by atoms with Gasteiger partial charge in [-0.25, -0.2) is 9.37 Å². The van der Waals surface area contributed by atoms with Crippen molar-refractivity contribution in [1.29, 1.82) is 5.26 Å². The molecular weight excluding hydrogens is 369 g/mol. The van der Waals surface area contributed by atoms with Crippen LogP contribution in [0.1, 0.15) is 43.6 Å². The second-order valence-electron chi connectivity index (χ2n) is 8.41. The zero-order valence-corrected chi connectivity index (χ0v) is 17.5. The minimum atomic E-state index is -0.368. The van der Waals surface area contributed by atoms with Gasteiger partial charge in [0.05, 0.1) is 18.3 Å². The number of nitrogens with zero attached hydrogens (tertiary/aromatic N) is 3. The van der Waals surface area contributed by atoms with E-state index in [1.54, 1.807) is 17.9 Å². The molecule has 29 heavy (non-hydrogen) atoms. The fraction of sp³-hybridized carbons (Fsp3) is 0.500. The van der Waals surface area contributed by atoms with E-state index >= 15 is 0 Å². The number of nitrogens with one attached hydrogen (secondary N) is 2. The molecule has 2 heterocycles. The Kier molecular flexibility index (Phi) is 6.04. The number of benzene rings is 1.